The maximum absolute atomic E-state index is 13.4. The number of thiophene rings is 1. The van der Waals surface area contributed by atoms with Crippen molar-refractivity contribution < 1.29 is 13.6 Å². The smallest absolute Gasteiger partial charge is 0.257 e. The van der Waals surface area contributed by atoms with Gasteiger partial charge in [-0.1, -0.05) is 6.07 Å². The molecule has 0 bridgehead atoms. The van der Waals surface area contributed by atoms with Crippen LogP contribution in [0.5, 0.6) is 0 Å². The van der Waals surface area contributed by atoms with Gasteiger partial charge in [0.2, 0.25) is 5.95 Å². The monoisotopic (exact) mass is 268 g/mol. The third-order valence-corrected chi connectivity index (χ3v) is 3.26. The largest absolute Gasteiger partial charge is 0.336 e. The molecule has 0 aliphatic heterocycles. The molecule has 0 N–H and O–H groups in total. The van der Waals surface area contributed by atoms with E-state index in [2.05, 4.69) is 4.98 Å². The molecule has 0 spiro atoms. The first-order valence-corrected chi connectivity index (χ1v) is 6.05. The Hall–Kier alpha value is -1.82. The Balaban J connectivity index is 2.18. The van der Waals surface area contributed by atoms with Gasteiger partial charge in [0.05, 0.1) is 12.1 Å². The molecule has 0 aliphatic carbocycles. The van der Waals surface area contributed by atoms with Gasteiger partial charge in [-0.3, -0.25) is 4.79 Å². The highest BCUT2D eigenvalue weighted by Crippen LogP contribution is 2.15. The SMILES string of the molecule is CN(Cc1cccs1)C(=O)c1ccnc(F)c1F. The van der Waals surface area contributed by atoms with Crippen LogP contribution in [0.3, 0.4) is 0 Å². The lowest BCUT2D eigenvalue weighted by Crippen LogP contribution is -2.27. The first kappa shape index (κ1) is 12.6. The van der Waals surface area contributed by atoms with Gasteiger partial charge in [0.1, 0.15) is 0 Å². The maximum Gasteiger partial charge on any atom is 0.257 e. The topological polar surface area (TPSA) is 33.2 Å². The predicted octanol–water partition coefficient (Wildman–Crippen LogP) is 2.69. The number of halogens is 2. The number of pyridine rings is 1. The Morgan fingerprint density at radius 3 is 2.89 bits per heavy atom. The molecule has 0 unspecified atom stereocenters. The Labute approximate surface area is 107 Å². The Bertz CT molecular complexity index is 557. The van der Waals surface area contributed by atoms with Gasteiger partial charge in [-0.25, -0.2) is 9.37 Å². The van der Waals surface area contributed by atoms with E-state index in [0.717, 1.165) is 11.1 Å². The van der Waals surface area contributed by atoms with Crippen molar-refractivity contribution in [1.29, 1.82) is 0 Å². The molecule has 0 saturated carbocycles. The highest BCUT2D eigenvalue weighted by atomic mass is 32.1. The van der Waals surface area contributed by atoms with Crippen LogP contribution >= 0.6 is 11.3 Å². The van der Waals surface area contributed by atoms with Gasteiger partial charge < -0.3 is 4.90 Å². The Morgan fingerprint density at radius 1 is 1.44 bits per heavy atom. The van der Waals surface area contributed by atoms with Gasteiger partial charge in [0.15, 0.2) is 5.82 Å². The van der Waals surface area contributed by atoms with Crippen LogP contribution in [0.1, 0.15) is 15.2 Å². The van der Waals surface area contributed by atoms with E-state index in [9.17, 15) is 13.6 Å². The van der Waals surface area contributed by atoms with Crippen LogP contribution in [0.4, 0.5) is 8.78 Å². The summed E-state index contributed by atoms with van der Waals surface area (Å²) in [5.41, 5.74) is -0.304. The van der Waals surface area contributed by atoms with E-state index < -0.39 is 17.7 Å². The minimum Gasteiger partial charge on any atom is -0.336 e. The number of amides is 1. The summed E-state index contributed by atoms with van der Waals surface area (Å²) in [5.74, 6) is -3.03. The summed E-state index contributed by atoms with van der Waals surface area (Å²) in [6.07, 6.45) is 1.07. The molecular formula is C12H10F2N2OS. The average molecular weight is 268 g/mol. The second-order valence-electron chi connectivity index (χ2n) is 3.70. The number of hydrogen-bond donors (Lipinski definition) is 0. The van der Waals surface area contributed by atoms with Gasteiger partial charge >= 0.3 is 0 Å². The van der Waals surface area contributed by atoms with E-state index in [0.29, 0.717) is 6.54 Å². The molecule has 0 saturated heterocycles. The molecule has 0 radical (unpaired) electrons. The fraction of sp³-hybridized carbons (Fsp3) is 0.167. The van der Waals surface area contributed by atoms with Crippen LogP contribution in [0.15, 0.2) is 29.8 Å². The molecule has 0 aliphatic rings. The first-order valence-electron chi connectivity index (χ1n) is 5.17. The molecule has 2 aromatic rings. The van der Waals surface area contributed by atoms with Crippen LogP contribution in [0, 0.1) is 11.8 Å². The van der Waals surface area contributed by atoms with E-state index in [1.54, 1.807) is 7.05 Å². The highest BCUT2D eigenvalue weighted by molar-refractivity contribution is 7.09. The third kappa shape index (κ3) is 2.53. The van der Waals surface area contributed by atoms with Crippen molar-refractivity contribution in [2.45, 2.75) is 6.54 Å². The normalized spacial score (nSPS) is 10.4. The number of nitrogens with zero attached hydrogens (tertiary/aromatic N) is 2. The number of carbonyl (C=O) groups excluding carboxylic acids is 1. The fourth-order valence-electron chi connectivity index (χ4n) is 1.50. The van der Waals surface area contributed by atoms with Crippen LogP contribution in [-0.4, -0.2) is 22.8 Å². The van der Waals surface area contributed by atoms with Crippen molar-refractivity contribution in [2.24, 2.45) is 0 Å². The molecule has 1 amide bonds. The Morgan fingerprint density at radius 2 is 2.22 bits per heavy atom. The predicted molar refractivity (Wildman–Crippen MR) is 64.3 cm³/mol. The molecule has 2 heterocycles. The summed E-state index contributed by atoms with van der Waals surface area (Å²) < 4.78 is 26.3. The first-order chi connectivity index (χ1) is 8.59. The molecule has 3 nitrogen and oxygen atoms in total. The van der Waals surface area contributed by atoms with Gasteiger partial charge in [-0.2, -0.15) is 4.39 Å². The highest BCUT2D eigenvalue weighted by Gasteiger charge is 2.19. The summed E-state index contributed by atoms with van der Waals surface area (Å²) in [7, 11) is 1.54. The van der Waals surface area contributed by atoms with Crippen molar-refractivity contribution in [3.05, 3.63) is 52.0 Å². The molecule has 0 aromatic carbocycles. The zero-order chi connectivity index (χ0) is 13.1. The van der Waals surface area contributed by atoms with Crippen molar-refractivity contribution in [3.63, 3.8) is 0 Å². The van der Waals surface area contributed by atoms with Crippen LogP contribution < -0.4 is 0 Å². The second-order valence-corrected chi connectivity index (χ2v) is 4.74. The summed E-state index contributed by atoms with van der Waals surface area (Å²) in [6.45, 7) is 0.361. The van der Waals surface area contributed by atoms with Crippen LogP contribution in [0.2, 0.25) is 0 Å². The van der Waals surface area contributed by atoms with Gasteiger partial charge in [-0.15, -0.1) is 11.3 Å². The number of carbonyl (C=O) groups is 1. The quantitative estimate of drug-likeness (QED) is 0.802. The molecule has 94 valence electrons. The zero-order valence-electron chi connectivity index (χ0n) is 9.56. The average Bonchev–Trinajstić information content (AvgIpc) is 2.84. The second kappa shape index (κ2) is 5.22. The zero-order valence-corrected chi connectivity index (χ0v) is 10.4. The van der Waals surface area contributed by atoms with Crippen LogP contribution in [0.25, 0.3) is 0 Å². The minimum absolute atomic E-state index is 0.304. The standard InChI is InChI=1S/C12H10F2N2OS/c1-16(7-8-3-2-6-18-8)12(17)9-4-5-15-11(14)10(9)13/h2-6H,7H2,1H3. The maximum atomic E-state index is 13.4. The lowest BCUT2D eigenvalue weighted by Gasteiger charge is -2.16. The molecule has 6 heteroatoms. The number of hydrogen-bond acceptors (Lipinski definition) is 3. The van der Waals surface area contributed by atoms with Crippen LogP contribution in [-0.2, 0) is 6.54 Å². The molecule has 0 fully saturated rings. The lowest BCUT2D eigenvalue weighted by molar-refractivity contribution is 0.0780. The Kier molecular flexibility index (Phi) is 3.66. The molecule has 18 heavy (non-hydrogen) atoms. The number of aromatic nitrogens is 1. The van der Waals surface area contributed by atoms with Crippen molar-refractivity contribution in [3.8, 4) is 0 Å². The van der Waals surface area contributed by atoms with E-state index in [-0.39, 0.29) is 5.56 Å². The summed E-state index contributed by atoms with van der Waals surface area (Å²) >= 11 is 1.50. The summed E-state index contributed by atoms with van der Waals surface area (Å²) in [6, 6.07) is 4.91. The van der Waals surface area contributed by atoms with Gasteiger partial charge in [0, 0.05) is 18.1 Å². The van der Waals surface area contributed by atoms with E-state index in [1.807, 2.05) is 17.5 Å². The van der Waals surface area contributed by atoms with Crippen molar-refractivity contribution >= 4 is 17.2 Å². The van der Waals surface area contributed by atoms with Gasteiger partial charge in [-0.05, 0) is 17.5 Å². The molecule has 2 rings (SSSR count). The third-order valence-electron chi connectivity index (χ3n) is 2.40. The minimum atomic E-state index is -1.26. The fourth-order valence-corrected chi connectivity index (χ4v) is 2.25. The molecule has 0 atom stereocenters. The van der Waals surface area contributed by atoms with Gasteiger partial charge in [0.25, 0.3) is 5.91 Å². The van der Waals surface area contributed by atoms with E-state index >= 15 is 0 Å². The van der Waals surface area contributed by atoms with E-state index in [4.69, 9.17) is 0 Å². The van der Waals surface area contributed by atoms with Crippen molar-refractivity contribution in [2.75, 3.05) is 7.05 Å². The summed E-state index contributed by atoms with van der Waals surface area (Å²) in [4.78, 5) is 17.4. The van der Waals surface area contributed by atoms with E-state index in [1.165, 1.54) is 22.3 Å². The lowest BCUT2D eigenvalue weighted by atomic mass is 10.2. The summed E-state index contributed by atoms with van der Waals surface area (Å²) in [5, 5.41) is 1.89. The number of rotatable bonds is 3. The molecular weight excluding hydrogens is 258 g/mol. The van der Waals surface area contributed by atoms with Crippen molar-refractivity contribution in [1.82, 2.24) is 9.88 Å². The molecule has 2 aromatic heterocycles.